The van der Waals surface area contributed by atoms with Crippen molar-refractivity contribution in [1.82, 2.24) is 10.6 Å². The molecule has 0 spiro atoms. The Morgan fingerprint density at radius 2 is 1.71 bits per heavy atom. The molecule has 8 nitrogen and oxygen atoms in total. The van der Waals surface area contributed by atoms with Crippen LogP contribution in [0.2, 0.25) is 0 Å². The molecule has 3 N–H and O–H groups in total. The molecular weight excluding hydrogens is 686 g/mol. The number of carbonyl (C=O) groups is 1. The summed E-state index contributed by atoms with van der Waals surface area (Å²) >= 11 is 7.00. The molecule has 0 saturated carbocycles. The van der Waals surface area contributed by atoms with Gasteiger partial charge in [-0.05, 0) is 74.6 Å². The summed E-state index contributed by atoms with van der Waals surface area (Å²) in [6.07, 6.45) is 0.694. The zero-order valence-electron chi connectivity index (χ0n) is 23.7. The number of hydrogen-bond acceptors (Lipinski definition) is 6. The van der Waals surface area contributed by atoms with Crippen molar-refractivity contribution in [3.8, 4) is 5.75 Å². The van der Waals surface area contributed by atoms with Crippen LogP contribution in [-0.4, -0.2) is 56.5 Å². The lowest BCUT2D eigenvalue weighted by atomic mass is 10.00. The predicted molar refractivity (Wildman–Crippen MR) is 174 cm³/mol. The van der Waals surface area contributed by atoms with E-state index in [1.54, 1.807) is 18.2 Å². The molecule has 2 atom stereocenters. The van der Waals surface area contributed by atoms with E-state index in [0.29, 0.717) is 37.4 Å². The highest BCUT2D eigenvalue weighted by Crippen LogP contribution is 2.30. The van der Waals surface area contributed by atoms with Crippen molar-refractivity contribution in [2.45, 2.75) is 57.9 Å². The van der Waals surface area contributed by atoms with Crippen molar-refractivity contribution in [3.63, 3.8) is 0 Å². The molecule has 1 aliphatic rings. The Hall–Kier alpha value is -2.44. The maximum atomic E-state index is 13.7. The molecule has 1 saturated heterocycles. The number of halogens is 2. The van der Waals surface area contributed by atoms with Crippen LogP contribution in [-0.2, 0) is 23.0 Å². The second kappa shape index (κ2) is 14.8. The van der Waals surface area contributed by atoms with Crippen LogP contribution in [0.3, 0.4) is 0 Å². The third kappa shape index (κ3) is 9.28. The minimum Gasteiger partial charge on any atom is -0.491 e. The van der Waals surface area contributed by atoms with Crippen LogP contribution in [0.4, 0.5) is 5.69 Å². The summed E-state index contributed by atoms with van der Waals surface area (Å²) in [5.41, 5.74) is 2.67. The van der Waals surface area contributed by atoms with Crippen molar-refractivity contribution < 1.29 is 23.1 Å². The number of benzene rings is 3. The molecule has 1 aliphatic heterocycles. The molecule has 1 heterocycles. The Morgan fingerprint density at radius 3 is 2.38 bits per heavy atom. The Labute approximate surface area is 265 Å². The first kappa shape index (κ1) is 32.5. The van der Waals surface area contributed by atoms with E-state index in [-0.39, 0.29) is 24.0 Å². The molecule has 1 fully saturated rings. The van der Waals surface area contributed by atoms with Gasteiger partial charge in [-0.25, -0.2) is 8.42 Å². The number of nitrogens with zero attached hydrogens (tertiary/aromatic N) is 1. The van der Waals surface area contributed by atoms with Gasteiger partial charge in [-0.15, -0.1) is 0 Å². The molecule has 0 radical (unpaired) electrons. The van der Waals surface area contributed by atoms with Crippen LogP contribution < -0.4 is 19.7 Å². The van der Waals surface area contributed by atoms with Gasteiger partial charge in [0.1, 0.15) is 5.75 Å². The molecule has 3 aromatic carbocycles. The van der Waals surface area contributed by atoms with Crippen LogP contribution in [0.5, 0.6) is 5.75 Å². The monoisotopic (exact) mass is 721 g/mol. The molecule has 42 heavy (non-hydrogen) atoms. The van der Waals surface area contributed by atoms with Gasteiger partial charge in [0.15, 0.2) is 0 Å². The van der Waals surface area contributed by atoms with E-state index in [1.165, 1.54) is 4.31 Å². The average molecular weight is 724 g/mol. The van der Waals surface area contributed by atoms with E-state index in [9.17, 15) is 18.3 Å². The predicted octanol–water partition coefficient (Wildman–Crippen LogP) is 5.42. The van der Waals surface area contributed by atoms with E-state index >= 15 is 0 Å². The van der Waals surface area contributed by atoms with E-state index in [4.69, 9.17) is 4.74 Å². The minimum absolute atomic E-state index is 0.0685. The van der Waals surface area contributed by atoms with Gasteiger partial charge in [0.05, 0.1) is 29.7 Å². The maximum absolute atomic E-state index is 13.7. The summed E-state index contributed by atoms with van der Waals surface area (Å²) in [7, 11) is -3.49. The number of aliphatic hydroxyl groups is 1. The Morgan fingerprint density at radius 1 is 1.00 bits per heavy atom. The molecule has 0 bridgehead atoms. The number of sulfonamides is 1. The van der Waals surface area contributed by atoms with Gasteiger partial charge < -0.3 is 20.5 Å². The Bertz CT molecular complexity index is 1450. The lowest BCUT2D eigenvalue weighted by Gasteiger charge is -2.29. The Kier molecular flexibility index (Phi) is 11.5. The fourth-order valence-corrected chi connectivity index (χ4v) is 7.91. The minimum atomic E-state index is -3.49. The third-order valence-electron chi connectivity index (χ3n) is 6.85. The summed E-state index contributed by atoms with van der Waals surface area (Å²) in [5, 5.41) is 17.5. The van der Waals surface area contributed by atoms with Gasteiger partial charge in [-0.2, -0.15) is 0 Å². The summed E-state index contributed by atoms with van der Waals surface area (Å²) in [5.74, 6) is 0.0603. The smallest absolute Gasteiger partial charge is 0.251 e. The summed E-state index contributed by atoms with van der Waals surface area (Å²) in [6.45, 7) is 4.87. The number of carbonyl (C=O) groups excluding carboxylic acids is 1. The van der Waals surface area contributed by atoms with Gasteiger partial charge >= 0.3 is 0 Å². The molecule has 226 valence electrons. The normalized spacial score (nSPS) is 16.2. The van der Waals surface area contributed by atoms with Crippen molar-refractivity contribution >= 4 is 53.5 Å². The number of ether oxygens (including phenoxy) is 1. The molecule has 0 unspecified atom stereocenters. The topological polar surface area (TPSA) is 108 Å². The van der Waals surface area contributed by atoms with Crippen molar-refractivity contribution in [2.75, 3.05) is 23.1 Å². The second-order valence-electron chi connectivity index (χ2n) is 10.7. The van der Waals surface area contributed by atoms with Gasteiger partial charge in [0, 0.05) is 40.2 Å². The number of anilines is 1. The third-order valence-corrected chi connectivity index (χ3v) is 9.63. The highest BCUT2D eigenvalue weighted by Gasteiger charge is 2.28. The van der Waals surface area contributed by atoms with Gasteiger partial charge in [0.2, 0.25) is 10.0 Å². The Balaban J connectivity index is 1.55. The molecule has 11 heteroatoms. The van der Waals surface area contributed by atoms with Crippen molar-refractivity contribution in [3.05, 3.63) is 92.4 Å². The van der Waals surface area contributed by atoms with Crippen LogP contribution in [0, 0.1) is 0 Å². The number of aliphatic hydroxyl groups excluding tert-OH is 1. The standard InChI is InChI=1S/C31H37Br2N3O5S/c1-21(2)41-28-16-24(15-27(18-28)36-10-6-7-11-42(36,39)40)31(38)35-29(14-22-8-4-3-5-9-22)30(37)20-34-19-23-12-25(32)17-26(33)13-23/h3-5,8-9,12-13,15-18,21,29-30,34,37H,6-7,10-11,14,19-20H2,1-2H3,(H,35,38)/t29-,30+/m0/s1. The lowest BCUT2D eigenvalue weighted by molar-refractivity contribution is 0.0829. The molecule has 0 aliphatic carbocycles. The summed E-state index contributed by atoms with van der Waals surface area (Å²) < 4.78 is 34.8. The zero-order valence-corrected chi connectivity index (χ0v) is 27.7. The molecule has 1 amide bonds. The van der Waals surface area contributed by atoms with E-state index in [0.717, 1.165) is 26.5 Å². The van der Waals surface area contributed by atoms with E-state index in [2.05, 4.69) is 42.5 Å². The van der Waals surface area contributed by atoms with Crippen LogP contribution in [0.1, 0.15) is 48.2 Å². The first-order valence-electron chi connectivity index (χ1n) is 14.0. The number of nitrogens with one attached hydrogen (secondary N) is 2. The highest BCUT2D eigenvalue weighted by atomic mass is 79.9. The van der Waals surface area contributed by atoms with Crippen molar-refractivity contribution in [2.24, 2.45) is 0 Å². The fourth-order valence-electron chi connectivity index (χ4n) is 4.90. The lowest BCUT2D eigenvalue weighted by Crippen LogP contribution is -2.48. The summed E-state index contributed by atoms with van der Waals surface area (Å²) in [6, 6.07) is 19.9. The molecule has 0 aromatic heterocycles. The van der Waals surface area contributed by atoms with Gasteiger partial charge in [-0.1, -0.05) is 62.2 Å². The first-order valence-corrected chi connectivity index (χ1v) is 17.2. The highest BCUT2D eigenvalue weighted by molar-refractivity contribution is 9.11. The zero-order chi connectivity index (χ0) is 30.3. The summed E-state index contributed by atoms with van der Waals surface area (Å²) in [4.78, 5) is 13.7. The quantitative estimate of drug-likeness (QED) is 0.231. The first-order chi connectivity index (χ1) is 20.0. The number of amides is 1. The van der Waals surface area contributed by atoms with Gasteiger partial charge in [-0.3, -0.25) is 9.10 Å². The number of rotatable bonds is 12. The van der Waals surface area contributed by atoms with E-state index in [1.807, 2.05) is 62.4 Å². The molecule has 4 rings (SSSR count). The number of hydrogen-bond donors (Lipinski definition) is 3. The second-order valence-corrected chi connectivity index (χ2v) is 14.6. The fraction of sp³-hybridized carbons (Fsp3) is 0.387. The molecular formula is C31H37Br2N3O5S. The maximum Gasteiger partial charge on any atom is 0.251 e. The van der Waals surface area contributed by atoms with Gasteiger partial charge in [0.25, 0.3) is 5.91 Å². The SMILES string of the molecule is CC(C)Oc1cc(C(=O)N[C@@H](Cc2ccccc2)[C@H](O)CNCc2cc(Br)cc(Br)c2)cc(N2CCCCS2(=O)=O)c1. The average Bonchev–Trinajstić information content (AvgIpc) is 2.92. The van der Waals surface area contributed by atoms with E-state index < -0.39 is 28.1 Å². The van der Waals surface area contributed by atoms with Crippen LogP contribution >= 0.6 is 31.9 Å². The molecule has 3 aromatic rings. The largest absolute Gasteiger partial charge is 0.491 e. The van der Waals surface area contributed by atoms with Crippen LogP contribution in [0.15, 0.2) is 75.7 Å². The van der Waals surface area contributed by atoms with Crippen molar-refractivity contribution in [1.29, 1.82) is 0 Å². The van der Waals surface area contributed by atoms with Crippen LogP contribution in [0.25, 0.3) is 0 Å².